The number of nitrogens with two attached hydrogens (primary N) is 1. The summed E-state index contributed by atoms with van der Waals surface area (Å²) in [6.07, 6.45) is 4.48. The molecule has 6 nitrogen and oxygen atoms in total. The van der Waals surface area contributed by atoms with Crippen molar-refractivity contribution in [2.45, 2.75) is 5.79 Å². The number of nitrogens with zero attached hydrogens (tertiary/aromatic N) is 1. The van der Waals surface area contributed by atoms with Gasteiger partial charge in [0.05, 0.1) is 11.5 Å². The maximum absolute atomic E-state index is 10.7. The van der Waals surface area contributed by atoms with E-state index in [0.717, 1.165) is 0 Å². The van der Waals surface area contributed by atoms with Crippen molar-refractivity contribution >= 4 is 15.9 Å². The van der Waals surface area contributed by atoms with Gasteiger partial charge < -0.3 is 10.1 Å². The summed E-state index contributed by atoms with van der Waals surface area (Å²) in [4.78, 5) is 10.1. The smallest absolute Gasteiger partial charge is 0.408 e. The number of alkyl halides is 1. The molecule has 0 saturated heterocycles. The molecule has 0 radical (unpaired) electrons. The van der Waals surface area contributed by atoms with Gasteiger partial charge in [-0.1, -0.05) is 15.9 Å². The van der Waals surface area contributed by atoms with Crippen LogP contribution < -0.4 is 11.1 Å². The molecule has 0 bridgehead atoms. The summed E-state index contributed by atoms with van der Waals surface area (Å²) in [6, 6.07) is 0. The molecular weight excluding hydrogens is 254 g/mol. The van der Waals surface area contributed by atoms with Gasteiger partial charge in [-0.15, -0.1) is 0 Å². The number of hydrogen-bond acceptors (Lipinski definition) is 5. The fourth-order valence-corrected chi connectivity index (χ4v) is 1.12. The highest BCUT2D eigenvalue weighted by molar-refractivity contribution is 9.09. The summed E-state index contributed by atoms with van der Waals surface area (Å²) in [5.41, 5.74) is 5.52. The molecule has 1 atom stereocenters. The Kier molecular flexibility index (Phi) is 3.48. The van der Waals surface area contributed by atoms with E-state index in [1.807, 2.05) is 0 Å². The summed E-state index contributed by atoms with van der Waals surface area (Å²) in [6.45, 7) is 0.328. The molecule has 78 valence electrons. The average Bonchev–Trinajstić information content (AvgIpc) is 2.16. The normalized spacial score (nSPS) is 25.1. The van der Waals surface area contributed by atoms with Crippen molar-refractivity contribution in [2.24, 2.45) is 5.73 Å². The monoisotopic (exact) mass is 263 g/mol. The Morgan fingerprint density at radius 3 is 3.07 bits per heavy atom. The van der Waals surface area contributed by atoms with Crippen LogP contribution in [0, 0.1) is 10.1 Å². The minimum absolute atomic E-state index is 0.101. The summed E-state index contributed by atoms with van der Waals surface area (Å²) in [5, 5.41) is 13.7. The number of nitrogens with one attached hydrogen (secondary N) is 1. The average molecular weight is 264 g/mol. The zero-order valence-electron chi connectivity index (χ0n) is 7.27. The summed E-state index contributed by atoms with van der Waals surface area (Å²) < 4.78 is 5.14. The maximum atomic E-state index is 10.7. The molecule has 14 heavy (non-hydrogen) atoms. The topological polar surface area (TPSA) is 90.4 Å². The van der Waals surface area contributed by atoms with E-state index < -0.39 is 10.7 Å². The molecule has 0 spiro atoms. The molecule has 0 aromatic heterocycles. The van der Waals surface area contributed by atoms with Gasteiger partial charge >= 0.3 is 5.79 Å². The van der Waals surface area contributed by atoms with E-state index in [9.17, 15) is 10.1 Å². The number of dihydropyridines is 1. The van der Waals surface area contributed by atoms with E-state index in [1.54, 1.807) is 6.08 Å². The van der Waals surface area contributed by atoms with E-state index in [0.29, 0.717) is 11.9 Å². The summed E-state index contributed by atoms with van der Waals surface area (Å²) in [7, 11) is 0. The second-order valence-corrected chi connectivity index (χ2v) is 3.39. The van der Waals surface area contributed by atoms with Crippen molar-refractivity contribution < 1.29 is 9.66 Å². The molecule has 3 N–H and O–H groups in total. The van der Waals surface area contributed by atoms with Crippen LogP contribution in [0.1, 0.15) is 0 Å². The van der Waals surface area contributed by atoms with Gasteiger partial charge in [-0.25, -0.2) is 5.73 Å². The predicted octanol–water partition coefficient (Wildman–Crippen LogP) is 0.288. The number of allylic oxidation sites excluding steroid dienone is 2. The molecule has 0 saturated carbocycles. The fraction of sp³-hybridized carbons (Fsp3) is 0.429. The van der Waals surface area contributed by atoms with Crippen LogP contribution in [-0.4, -0.2) is 22.6 Å². The third kappa shape index (κ3) is 2.05. The van der Waals surface area contributed by atoms with Gasteiger partial charge in [0.2, 0.25) is 5.76 Å². The minimum atomic E-state index is -1.85. The first kappa shape index (κ1) is 11.0. The van der Waals surface area contributed by atoms with Crippen LogP contribution in [-0.2, 0) is 4.74 Å². The number of halogens is 1. The van der Waals surface area contributed by atoms with E-state index in [4.69, 9.17) is 10.5 Å². The van der Waals surface area contributed by atoms with Crippen LogP contribution in [0.5, 0.6) is 0 Å². The van der Waals surface area contributed by atoms with Crippen LogP contribution in [0.2, 0.25) is 0 Å². The Balaban J connectivity index is 2.81. The lowest BCUT2D eigenvalue weighted by molar-refractivity contribution is -0.568. The molecule has 0 aromatic carbocycles. The number of rotatable bonds is 4. The second kappa shape index (κ2) is 4.43. The molecule has 1 aliphatic rings. The first-order chi connectivity index (χ1) is 6.61. The summed E-state index contributed by atoms with van der Waals surface area (Å²) >= 11 is 3.15. The molecule has 0 amide bonds. The van der Waals surface area contributed by atoms with Crippen molar-refractivity contribution in [1.29, 1.82) is 0 Å². The zero-order valence-corrected chi connectivity index (χ0v) is 8.86. The molecule has 1 rings (SSSR count). The molecule has 7 heteroatoms. The van der Waals surface area contributed by atoms with E-state index in [1.165, 1.54) is 12.3 Å². The van der Waals surface area contributed by atoms with Gasteiger partial charge in [0, 0.05) is 11.5 Å². The number of ether oxygens (including phenoxy) is 1. The molecular formula is C7H10BrN3O3. The first-order valence-corrected chi connectivity index (χ1v) is 5.00. The summed E-state index contributed by atoms with van der Waals surface area (Å²) in [5.74, 6) is -1.75. The quantitative estimate of drug-likeness (QED) is 0.329. The van der Waals surface area contributed by atoms with E-state index in [-0.39, 0.29) is 5.76 Å². The molecule has 0 aromatic rings. The van der Waals surface area contributed by atoms with Crippen LogP contribution in [0.15, 0.2) is 24.1 Å². The Bertz CT molecular complexity index is 292. The van der Waals surface area contributed by atoms with Crippen LogP contribution in [0.3, 0.4) is 0 Å². The zero-order chi connectivity index (χ0) is 10.6. The number of nitro groups is 1. The minimum Gasteiger partial charge on any atom is -0.487 e. The largest absolute Gasteiger partial charge is 0.487 e. The second-order valence-electron chi connectivity index (χ2n) is 2.60. The van der Waals surface area contributed by atoms with E-state index >= 15 is 0 Å². The van der Waals surface area contributed by atoms with Gasteiger partial charge in [0.25, 0.3) is 0 Å². The highest BCUT2D eigenvalue weighted by atomic mass is 79.9. The maximum Gasteiger partial charge on any atom is 0.408 e. The van der Waals surface area contributed by atoms with E-state index in [2.05, 4.69) is 21.2 Å². The highest BCUT2D eigenvalue weighted by Gasteiger charge is 2.44. The molecule has 1 heterocycles. The van der Waals surface area contributed by atoms with Crippen LogP contribution in [0.4, 0.5) is 0 Å². The lowest BCUT2D eigenvalue weighted by Gasteiger charge is -2.25. The predicted molar refractivity (Wildman–Crippen MR) is 54.0 cm³/mol. The van der Waals surface area contributed by atoms with Gasteiger partial charge in [-0.3, -0.25) is 10.1 Å². The van der Waals surface area contributed by atoms with Gasteiger partial charge in [-0.05, 0) is 12.2 Å². The fourth-order valence-electron chi connectivity index (χ4n) is 0.958. The van der Waals surface area contributed by atoms with Crippen molar-refractivity contribution in [3.8, 4) is 0 Å². The van der Waals surface area contributed by atoms with Crippen molar-refractivity contribution in [1.82, 2.24) is 5.32 Å². The Hall–Kier alpha value is -1.08. The Labute approximate surface area is 89.1 Å². The molecule has 1 unspecified atom stereocenters. The lowest BCUT2D eigenvalue weighted by atomic mass is 10.2. The third-order valence-corrected chi connectivity index (χ3v) is 1.97. The Morgan fingerprint density at radius 1 is 1.79 bits per heavy atom. The SMILES string of the molecule is NC1([N+](=O)[O-])NC=CC=C1OCCBr. The van der Waals surface area contributed by atoms with Crippen LogP contribution in [0.25, 0.3) is 0 Å². The number of hydrogen-bond donors (Lipinski definition) is 2. The highest BCUT2D eigenvalue weighted by Crippen LogP contribution is 2.16. The van der Waals surface area contributed by atoms with Gasteiger partial charge in [0.1, 0.15) is 0 Å². The molecule has 0 fully saturated rings. The Morgan fingerprint density at radius 2 is 2.50 bits per heavy atom. The van der Waals surface area contributed by atoms with Crippen molar-refractivity contribution in [3.05, 3.63) is 34.2 Å². The molecule has 0 aliphatic carbocycles. The van der Waals surface area contributed by atoms with Crippen molar-refractivity contribution in [3.63, 3.8) is 0 Å². The molecule has 1 aliphatic heterocycles. The van der Waals surface area contributed by atoms with Crippen LogP contribution >= 0.6 is 15.9 Å². The third-order valence-electron chi connectivity index (χ3n) is 1.65. The standard InChI is InChI=1S/C7H10BrN3O3/c8-3-5-14-6-2-1-4-10-7(6,9)11(12)13/h1-2,4,10H,3,5,9H2. The lowest BCUT2D eigenvalue weighted by Crippen LogP contribution is -2.60. The van der Waals surface area contributed by atoms with Crippen molar-refractivity contribution in [2.75, 3.05) is 11.9 Å². The first-order valence-electron chi connectivity index (χ1n) is 3.88. The van der Waals surface area contributed by atoms with Gasteiger partial charge in [-0.2, -0.15) is 0 Å². The van der Waals surface area contributed by atoms with Gasteiger partial charge in [0.15, 0.2) is 0 Å².